The van der Waals surface area contributed by atoms with E-state index in [9.17, 15) is 47.5 Å². The summed E-state index contributed by atoms with van der Waals surface area (Å²) in [6.07, 6.45) is -0.293. The molecule has 0 saturated carbocycles. The summed E-state index contributed by atoms with van der Waals surface area (Å²) in [7, 11) is 0. The second-order valence-electron chi connectivity index (χ2n) is 16.9. The lowest BCUT2D eigenvalue weighted by Crippen LogP contribution is -2.54. The van der Waals surface area contributed by atoms with Crippen molar-refractivity contribution in [1.82, 2.24) is 20.0 Å². The van der Waals surface area contributed by atoms with E-state index in [1.165, 1.54) is 48.2 Å². The Balaban J connectivity index is 0.841. The first-order valence-corrected chi connectivity index (χ1v) is 22.2. The fourth-order valence-corrected chi connectivity index (χ4v) is 8.76. The molecule has 4 aliphatic rings. The van der Waals surface area contributed by atoms with Crippen LogP contribution in [0.25, 0.3) is 0 Å². The third-order valence-corrected chi connectivity index (χ3v) is 12.2. The van der Waals surface area contributed by atoms with Crippen LogP contribution < -0.4 is 21.7 Å². The average Bonchev–Trinajstić information content (AvgIpc) is 3.87. The molecule has 0 aromatic heterocycles. The largest absolute Gasteiger partial charge is 0.427 e. The molecule has 0 bridgehead atoms. The lowest BCUT2D eigenvalue weighted by Gasteiger charge is -2.32. The van der Waals surface area contributed by atoms with Gasteiger partial charge in [0.2, 0.25) is 35.1 Å². The monoisotopic (exact) mass is 941 g/mol. The molecule has 2 unspecified atom stereocenters. The van der Waals surface area contributed by atoms with Gasteiger partial charge in [-0.15, -0.1) is 0 Å². The Hall–Kier alpha value is -7.10. The Morgan fingerprint density at radius 1 is 0.897 bits per heavy atom. The lowest BCUT2D eigenvalue weighted by molar-refractivity contribution is -0.143. The molecule has 21 heteroatoms. The van der Waals surface area contributed by atoms with Crippen LogP contribution in [0.15, 0.2) is 60.7 Å². The third kappa shape index (κ3) is 10.9. The van der Waals surface area contributed by atoms with Crippen molar-refractivity contribution >= 4 is 64.7 Å². The molecule has 3 aromatic carbocycles. The van der Waals surface area contributed by atoms with E-state index in [0.29, 0.717) is 35.5 Å². The Morgan fingerprint density at radius 2 is 1.59 bits per heavy atom. The lowest BCUT2D eigenvalue weighted by atomic mass is 9.94. The zero-order valence-electron chi connectivity index (χ0n) is 37.5. The van der Waals surface area contributed by atoms with Crippen molar-refractivity contribution < 1.29 is 66.5 Å². The van der Waals surface area contributed by atoms with Crippen molar-refractivity contribution in [2.75, 3.05) is 63.4 Å². The minimum atomic E-state index is -1.62. The first-order valence-electron chi connectivity index (χ1n) is 22.2. The number of ether oxygens (including phenoxy) is 4. The summed E-state index contributed by atoms with van der Waals surface area (Å²) in [6, 6.07) is 13.4. The van der Waals surface area contributed by atoms with Gasteiger partial charge in [0, 0.05) is 55.8 Å². The molecule has 68 heavy (non-hydrogen) atoms. The molecule has 3 aliphatic heterocycles. The van der Waals surface area contributed by atoms with Gasteiger partial charge in [0.15, 0.2) is 0 Å². The zero-order chi connectivity index (χ0) is 48.7. The molecule has 1 spiro atoms. The van der Waals surface area contributed by atoms with Gasteiger partial charge in [-0.3, -0.25) is 48.6 Å². The van der Waals surface area contributed by atoms with Crippen molar-refractivity contribution in [3.63, 3.8) is 0 Å². The summed E-state index contributed by atoms with van der Waals surface area (Å²) < 4.78 is 36.5. The predicted octanol–water partition coefficient (Wildman–Crippen LogP) is 2.38. The number of nitrogens with one attached hydrogen (secondary N) is 3. The number of imide groups is 3. The topological polar surface area (TPSA) is 262 Å². The molecular formula is C47H52FN7O13. The molecule has 2 fully saturated rings. The number of hydrogen-bond acceptors (Lipinski definition) is 14. The summed E-state index contributed by atoms with van der Waals surface area (Å²) >= 11 is 0. The molecule has 3 heterocycles. The summed E-state index contributed by atoms with van der Waals surface area (Å²) in [5.74, 6) is -5.92. The number of primary amides is 1. The average molecular weight is 942 g/mol. The maximum Gasteiger partial charge on any atom is 0.418 e. The van der Waals surface area contributed by atoms with Gasteiger partial charge in [-0.25, -0.2) is 14.1 Å². The second kappa shape index (κ2) is 21.2. The first-order chi connectivity index (χ1) is 32.6. The summed E-state index contributed by atoms with van der Waals surface area (Å²) in [5, 5.41) is 7.99. The van der Waals surface area contributed by atoms with Crippen LogP contribution >= 0.6 is 0 Å². The fraction of sp³-hybridized carbons (Fsp3) is 0.426. The van der Waals surface area contributed by atoms with Gasteiger partial charge in [0.05, 0.1) is 56.7 Å². The first kappa shape index (κ1) is 48.8. The van der Waals surface area contributed by atoms with E-state index in [1.807, 2.05) is 0 Å². The highest BCUT2D eigenvalue weighted by atomic mass is 19.1. The van der Waals surface area contributed by atoms with Crippen molar-refractivity contribution in [1.29, 1.82) is 0 Å². The molecule has 0 radical (unpaired) electrons. The van der Waals surface area contributed by atoms with Gasteiger partial charge in [-0.05, 0) is 79.8 Å². The summed E-state index contributed by atoms with van der Waals surface area (Å²) in [6.45, 7) is 3.66. The molecule has 5 N–H and O–H groups in total. The molecule has 7 rings (SSSR count). The quantitative estimate of drug-likeness (QED) is 0.0833. The molecular weight excluding hydrogens is 890 g/mol. The zero-order valence-corrected chi connectivity index (χ0v) is 37.5. The molecule has 9 amide bonds. The number of anilines is 2. The molecule has 360 valence electrons. The SMILES string of the molecule is CC(=O)Nc1ccc2c(c1)CC[C@@]21OC(=O)N(CC(=O)N(Cc2ccc(F)cc2)[C@@H](C)CC(COCCOCCOCCNc2ccc3c(c2)C(=O)N(C2CCC(=O)NC2=O)C3=O)C(N)=O)C1=O. The summed E-state index contributed by atoms with van der Waals surface area (Å²) in [5.41, 5.74) is 7.33. The number of fused-ring (bicyclic) bond motifs is 3. The Labute approximate surface area is 389 Å². The minimum absolute atomic E-state index is 0.0289. The normalized spacial score (nSPS) is 19.4. The van der Waals surface area contributed by atoms with Crippen LogP contribution in [0.5, 0.6) is 0 Å². The predicted molar refractivity (Wildman–Crippen MR) is 237 cm³/mol. The fourth-order valence-electron chi connectivity index (χ4n) is 8.76. The van der Waals surface area contributed by atoms with Gasteiger partial charge >= 0.3 is 6.09 Å². The van der Waals surface area contributed by atoms with Crippen LogP contribution in [0.3, 0.4) is 0 Å². The Morgan fingerprint density at radius 3 is 2.29 bits per heavy atom. The van der Waals surface area contributed by atoms with Crippen LogP contribution in [0, 0.1) is 11.7 Å². The number of aryl methyl sites for hydroxylation is 1. The number of rotatable bonds is 22. The van der Waals surface area contributed by atoms with Crippen LogP contribution in [-0.4, -0.2) is 133 Å². The molecule has 20 nitrogen and oxygen atoms in total. The van der Waals surface area contributed by atoms with Crippen molar-refractivity contribution in [3.05, 3.63) is 94.3 Å². The number of piperidine rings is 1. The number of halogens is 1. The minimum Gasteiger partial charge on any atom is -0.427 e. The van der Waals surface area contributed by atoms with Gasteiger partial charge in [-0.1, -0.05) is 18.2 Å². The Kier molecular flexibility index (Phi) is 15.3. The number of hydrogen-bond donors (Lipinski definition) is 4. The number of nitrogens with two attached hydrogens (primary N) is 1. The number of nitrogens with zero attached hydrogens (tertiary/aromatic N) is 3. The van der Waals surface area contributed by atoms with E-state index in [0.717, 1.165) is 15.4 Å². The van der Waals surface area contributed by atoms with Crippen LogP contribution in [0.1, 0.15) is 76.9 Å². The third-order valence-electron chi connectivity index (χ3n) is 12.2. The molecule has 2 saturated heterocycles. The van der Waals surface area contributed by atoms with Crippen molar-refractivity contribution in [2.24, 2.45) is 11.7 Å². The van der Waals surface area contributed by atoms with Crippen LogP contribution in [-0.2, 0) is 66.3 Å². The van der Waals surface area contributed by atoms with Crippen molar-refractivity contribution in [3.8, 4) is 0 Å². The van der Waals surface area contributed by atoms with Gasteiger partial charge in [-0.2, -0.15) is 0 Å². The van der Waals surface area contributed by atoms with Gasteiger partial charge in [0.25, 0.3) is 17.7 Å². The van der Waals surface area contributed by atoms with E-state index >= 15 is 0 Å². The smallest absolute Gasteiger partial charge is 0.418 e. The number of amides is 9. The van der Waals surface area contributed by atoms with E-state index in [-0.39, 0.29) is 88.9 Å². The highest BCUT2D eigenvalue weighted by Gasteiger charge is 2.58. The van der Waals surface area contributed by atoms with E-state index in [4.69, 9.17) is 24.7 Å². The van der Waals surface area contributed by atoms with Gasteiger partial charge < -0.3 is 40.2 Å². The number of carbonyl (C=O) groups is 9. The van der Waals surface area contributed by atoms with Crippen LogP contribution in [0.4, 0.5) is 20.6 Å². The molecule has 1 aliphatic carbocycles. The highest BCUT2D eigenvalue weighted by Crippen LogP contribution is 2.46. The van der Waals surface area contributed by atoms with E-state index < -0.39 is 83.4 Å². The number of benzene rings is 3. The molecule has 3 aromatic rings. The highest BCUT2D eigenvalue weighted by molar-refractivity contribution is 6.23. The maximum atomic E-state index is 14.1. The second-order valence-corrected chi connectivity index (χ2v) is 16.9. The maximum absolute atomic E-state index is 14.1. The van der Waals surface area contributed by atoms with E-state index in [1.54, 1.807) is 31.2 Å². The molecule has 4 atom stereocenters. The van der Waals surface area contributed by atoms with Gasteiger partial charge in [0.1, 0.15) is 18.4 Å². The standard InChI is InChI=1S/C47H52FN7O13/c1-27(53(24-29-3-5-32(48)6-4-29)40(58)25-54-45(63)47(68-46(54)64)14-13-30-22-34(51-28(2)56)8-10-37(30)47)21-31(41(49)59)26-67-20-19-66-18-17-65-16-15-50-33-7-9-35-36(23-33)44(62)55(43(35)61)38-11-12-39(57)52-42(38)60/h3-10,22-23,27,31,38,50H,11-21,24-26H2,1-2H3,(H2,49,59)(H,51,56)(H,52,57,60)/t27-,31?,38?,47+/m0/s1. The van der Waals surface area contributed by atoms with E-state index in [2.05, 4.69) is 16.0 Å². The van der Waals surface area contributed by atoms with Crippen molar-refractivity contribution in [2.45, 2.75) is 70.2 Å². The number of carbonyl (C=O) groups excluding carboxylic acids is 9. The van der Waals surface area contributed by atoms with Crippen LogP contribution in [0.2, 0.25) is 0 Å². The summed E-state index contributed by atoms with van der Waals surface area (Å²) in [4.78, 5) is 118. The Bertz CT molecular complexity index is 2500.